The summed E-state index contributed by atoms with van der Waals surface area (Å²) in [6.07, 6.45) is -1.14. The topological polar surface area (TPSA) is 69.6 Å². The molecule has 4 nitrogen and oxygen atoms in total. The van der Waals surface area contributed by atoms with Crippen LogP contribution in [0.25, 0.3) is 0 Å². The summed E-state index contributed by atoms with van der Waals surface area (Å²) < 4.78 is 0. The monoisotopic (exact) mass is 181 g/mol. The van der Waals surface area contributed by atoms with E-state index in [-0.39, 0.29) is 6.61 Å². The highest BCUT2D eigenvalue weighted by Crippen LogP contribution is 2.10. The summed E-state index contributed by atoms with van der Waals surface area (Å²) in [6.45, 7) is -0.240. The summed E-state index contributed by atoms with van der Waals surface area (Å²) in [5.74, 6) is 0. The van der Waals surface area contributed by atoms with E-state index in [1.54, 1.807) is 24.3 Å². The number of carbonyl (C=O) groups is 1. The van der Waals surface area contributed by atoms with Gasteiger partial charge in [0.1, 0.15) is 0 Å². The SMILES string of the molecule is O=C(O)N[C@H](CO)c1ccccc1. The molecule has 4 heteroatoms. The number of benzene rings is 1. The summed E-state index contributed by atoms with van der Waals surface area (Å²) in [7, 11) is 0. The first-order valence-electron chi connectivity index (χ1n) is 3.89. The maximum atomic E-state index is 10.3. The maximum Gasteiger partial charge on any atom is 0.405 e. The average Bonchev–Trinajstić information content (AvgIpc) is 2.15. The van der Waals surface area contributed by atoms with Gasteiger partial charge in [0.15, 0.2) is 0 Å². The molecule has 13 heavy (non-hydrogen) atoms. The van der Waals surface area contributed by atoms with Gasteiger partial charge in [-0.1, -0.05) is 30.3 Å². The van der Waals surface area contributed by atoms with E-state index in [1.807, 2.05) is 6.07 Å². The van der Waals surface area contributed by atoms with Crippen LogP contribution in [0.5, 0.6) is 0 Å². The zero-order valence-corrected chi connectivity index (χ0v) is 6.97. The van der Waals surface area contributed by atoms with Gasteiger partial charge < -0.3 is 15.5 Å². The Morgan fingerprint density at radius 1 is 1.38 bits per heavy atom. The smallest absolute Gasteiger partial charge is 0.405 e. The first kappa shape index (κ1) is 9.54. The number of aliphatic hydroxyl groups is 1. The number of hydrogen-bond acceptors (Lipinski definition) is 2. The fourth-order valence-electron chi connectivity index (χ4n) is 1.07. The van der Waals surface area contributed by atoms with E-state index in [0.717, 1.165) is 5.56 Å². The third-order valence-electron chi connectivity index (χ3n) is 1.68. The van der Waals surface area contributed by atoms with E-state index in [1.165, 1.54) is 0 Å². The van der Waals surface area contributed by atoms with Crippen molar-refractivity contribution in [2.24, 2.45) is 0 Å². The van der Waals surface area contributed by atoms with Gasteiger partial charge >= 0.3 is 6.09 Å². The Balaban J connectivity index is 2.73. The van der Waals surface area contributed by atoms with Crippen LogP contribution >= 0.6 is 0 Å². The molecule has 1 aromatic carbocycles. The van der Waals surface area contributed by atoms with Crippen molar-refractivity contribution in [3.8, 4) is 0 Å². The van der Waals surface area contributed by atoms with Gasteiger partial charge in [0.05, 0.1) is 12.6 Å². The summed E-state index contributed by atoms with van der Waals surface area (Å²) in [4.78, 5) is 10.3. The van der Waals surface area contributed by atoms with Gasteiger partial charge in [-0.25, -0.2) is 4.79 Å². The third-order valence-corrected chi connectivity index (χ3v) is 1.68. The van der Waals surface area contributed by atoms with Crippen LogP contribution in [0.1, 0.15) is 11.6 Å². The molecule has 70 valence electrons. The molecule has 0 bridgehead atoms. The summed E-state index contributed by atoms with van der Waals surface area (Å²) in [6, 6.07) is 8.40. The normalized spacial score (nSPS) is 12.1. The van der Waals surface area contributed by atoms with Gasteiger partial charge in [-0.05, 0) is 5.56 Å². The Hall–Kier alpha value is -1.55. The number of aliphatic hydroxyl groups excluding tert-OH is 1. The highest BCUT2D eigenvalue weighted by Gasteiger charge is 2.11. The van der Waals surface area contributed by atoms with Crippen LogP contribution in [0.3, 0.4) is 0 Å². The van der Waals surface area contributed by atoms with Crippen molar-refractivity contribution < 1.29 is 15.0 Å². The first-order valence-corrected chi connectivity index (χ1v) is 3.89. The fraction of sp³-hybridized carbons (Fsp3) is 0.222. The van der Waals surface area contributed by atoms with Crippen molar-refractivity contribution in [1.82, 2.24) is 5.32 Å². The first-order chi connectivity index (χ1) is 6.24. The number of nitrogens with one attached hydrogen (secondary N) is 1. The maximum absolute atomic E-state index is 10.3. The van der Waals surface area contributed by atoms with E-state index < -0.39 is 12.1 Å². The Morgan fingerprint density at radius 3 is 2.46 bits per heavy atom. The largest absolute Gasteiger partial charge is 0.465 e. The predicted molar refractivity (Wildman–Crippen MR) is 47.4 cm³/mol. The fourth-order valence-corrected chi connectivity index (χ4v) is 1.07. The molecule has 0 aliphatic rings. The van der Waals surface area contributed by atoms with E-state index in [0.29, 0.717) is 0 Å². The zero-order chi connectivity index (χ0) is 9.68. The second-order valence-electron chi connectivity index (χ2n) is 2.60. The second-order valence-corrected chi connectivity index (χ2v) is 2.60. The molecule has 0 radical (unpaired) electrons. The molecule has 0 aromatic heterocycles. The molecule has 1 amide bonds. The molecule has 0 unspecified atom stereocenters. The van der Waals surface area contributed by atoms with E-state index in [4.69, 9.17) is 10.2 Å². The van der Waals surface area contributed by atoms with Crippen molar-refractivity contribution >= 4 is 6.09 Å². The molecule has 3 N–H and O–H groups in total. The lowest BCUT2D eigenvalue weighted by atomic mass is 10.1. The van der Waals surface area contributed by atoms with Crippen molar-refractivity contribution in [3.63, 3.8) is 0 Å². The zero-order valence-electron chi connectivity index (χ0n) is 6.97. The number of hydrogen-bond donors (Lipinski definition) is 3. The quantitative estimate of drug-likeness (QED) is 0.651. The van der Waals surface area contributed by atoms with Gasteiger partial charge in [-0.2, -0.15) is 0 Å². The molecule has 0 heterocycles. The number of amides is 1. The molecule has 0 aliphatic carbocycles. The molecule has 0 spiro atoms. The highest BCUT2D eigenvalue weighted by atomic mass is 16.4. The molecule has 0 saturated carbocycles. The molecule has 0 fully saturated rings. The van der Waals surface area contributed by atoms with Gasteiger partial charge in [-0.15, -0.1) is 0 Å². The molecular formula is C9H11NO3. The average molecular weight is 181 g/mol. The van der Waals surface area contributed by atoms with Gasteiger partial charge in [0.2, 0.25) is 0 Å². The highest BCUT2D eigenvalue weighted by molar-refractivity contribution is 5.65. The van der Waals surface area contributed by atoms with E-state index in [2.05, 4.69) is 5.32 Å². The summed E-state index contributed by atoms with van der Waals surface area (Å²) in [5.41, 5.74) is 0.757. The van der Waals surface area contributed by atoms with Crippen molar-refractivity contribution in [2.45, 2.75) is 6.04 Å². The van der Waals surface area contributed by atoms with Crippen molar-refractivity contribution in [2.75, 3.05) is 6.61 Å². The van der Waals surface area contributed by atoms with E-state index >= 15 is 0 Å². The number of carboxylic acid groups (broad SMARTS) is 1. The van der Waals surface area contributed by atoms with E-state index in [9.17, 15) is 4.79 Å². The van der Waals surface area contributed by atoms with Crippen LogP contribution in [-0.4, -0.2) is 22.9 Å². The van der Waals surface area contributed by atoms with Crippen molar-refractivity contribution in [3.05, 3.63) is 35.9 Å². The van der Waals surface area contributed by atoms with Crippen molar-refractivity contribution in [1.29, 1.82) is 0 Å². The Bertz CT molecular complexity index is 273. The Kier molecular flexibility index (Phi) is 3.28. The van der Waals surface area contributed by atoms with Gasteiger partial charge in [0, 0.05) is 0 Å². The van der Waals surface area contributed by atoms with Crippen LogP contribution in [0.4, 0.5) is 4.79 Å². The molecule has 0 aliphatic heterocycles. The van der Waals surface area contributed by atoms with Crippen LogP contribution in [0.2, 0.25) is 0 Å². The molecule has 0 saturated heterocycles. The predicted octanol–water partition coefficient (Wildman–Crippen LogP) is 0.988. The molecular weight excluding hydrogens is 170 g/mol. The minimum absolute atomic E-state index is 0.240. The minimum atomic E-state index is -1.14. The lowest BCUT2D eigenvalue weighted by Crippen LogP contribution is -2.29. The summed E-state index contributed by atoms with van der Waals surface area (Å²) >= 11 is 0. The van der Waals surface area contributed by atoms with Crippen LogP contribution in [0, 0.1) is 0 Å². The van der Waals surface area contributed by atoms with Crippen LogP contribution in [0.15, 0.2) is 30.3 Å². The van der Waals surface area contributed by atoms with Gasteiger partial charge in [0.25, 0.3) is 0 Å². The Labute approximate surface area is 75.8 Å². The minimum Gasteiger partial charge on any atom is -0.465 e. The standard InChI is InChI=1S/C9H11NO3/c11-6-8(10-9(12)13)7-4-2-1-3-5-7/h1-5,8,10-11H,6H2,(H,12,13)/t8-/m1/s1. The van der Waals surface area contributed by atoms with Crippen LogP contribution < -0.4 is 5.32 Å². The second kappa shape index (κ2) is 4.47. The summed E-state index contributed by atoms with van der Waals surface area (Å²) in [5, 5.41) is 19.6. The third kappa shape index (κ3) is 2.76. The molecule has 1 aromatic rings. The van der Waals surface area contributed by atoms with Gasteiger partial charge in [-0.3, -0.25) is 0 Å². The molecule has 1 rings (SSSR count). The lowest BCUT2D eigenvalue weighted by molar-refractivity contribution is 0.177. The Morgan fingerprint density at radius 2 is 2.00 bits per heavy atom. The number of rotatable bonds is 3. The molecule has 1 atom stereocenters. The lowest BCUT2D eigenvalue weighted by Gasteiger charge is -2.13. The van der Waals surface area contributed by atoms with Crippen LogP contribution in [-0.2, 0) is 0 Å².